The molecule has 2 aromatic heterocycles. The van der Waals surface area contributed by atoms with Gasteiger partial charge in [-0.15, -0.1) is 0 Å². The first-order valence-corrected chi connectivity index (χ1v) is 10.2. The summed E-state index contributed by atoms with van der Waals surface area (Å²) >= 11 is 0. The SMILES string of the molecule is COc1cc(/C=c2/c(=O)n3c(n2C)=NCC3c2ccc(F)cc2)ccc1-n1cnc(C)c1. The lowest BCUT2D eigenvalue weighted by molar-refractivity contribution is 0.413. The van der Waals surface area contributed by atoms with Crippen LogP contribution in [0.25, 0.3) is 11.8 Å². The minimum Gasteiger partial charge on any atom is -0.495 e. The van der Waals surface area contributed by atoms with E-state index in [9.17, 15) is 9.18 Å². The number of fused-ring (bicyclic) bond motifs is 1. The van der Waals surface area contributed by atoms with Crippen molar-refractivity contribution >= 4 is 6.08 Å². The van der Waals surface area contributed by atoms with Crippen LogP contribution >= 0.6 is 0 Å². The molecule has 162 valence electrons. The number of imidazole rings is 2. The van der Waals surface area contributed by atoms with Crippen LogP contribution in [-0.2, 0) is 7.05 Å². The topological polar surface area (TPSA) is 66.3 Å². The Hall–Kier alpha value is -3.94. The molecule has 4 aromatic rings. The molecule has 1 atom stereocenters. The summed E-state index contributed by atoms with van der Waals surface area (Å²) in [6, 6.07) is 11.7. The summed E-state index contributed by atoms with van der Waals surface area (Å²) in [5.41, 5.74) is 3.93. The number of aromatic nitrogens is 4. The summed E-state index contributed by atoms with van der Waals surface area (Å²) in [6.45, 7) is 2.38. The summed E-state index contributed by atoms with van der Waals surface area (Å²) in [6.07, 6.45) is 5.49. The Labute approximate surface area is 183 Å². The van der Waals surface area contributed by atoms with Gasteiger partial charge < -0.3 is 13.9 Å². The molecule has 0 saturated heterocycles. The lowest BCUT2D eigenvalue weighted by atomic mass is 10.1. The first kappa shape index (κ1) is 20.0. The lowest BCUT2D eigenvalue weighted by Gasteiger charge is -2.11. The van der Waals surface area contributed by atoms with Gasteiger partial charge in [-0.25, -0.2) is 14.4 Å². The van der Waals surface area contributed by atoms with Gasteiger partial charge >= 0.3 is 0 Å². The van der Waals surface area contributed by atoms with Gasteiger partial charge in [-0.05, 0) is 48.4 Å². The molecular formula is C24H22FN5O2. The van der Waals surface area contributed by atoms with Crippen molar-refractivity contribution in [3.63, 3.8) is 0 Å². The van der Waals surface area contributed by atoms with Gasteiger partial charge in [-0.2, -0.15) is 0 Å². The smallest absolute Gasteiger partial charge is 0.277 e. The molecule has 0 N–H and O–H groups in total. The zero-order valence-electron chi connectivity index (χ0n) is 18.0. The van der Waals surface area contributed by atoms with Crippen LogP contribution in [0.1, 0.15) is 22.9 Å². The van der Waals surface area contributed by atoms with Gasteiger partial charge in [-0.3, -0.25) is 9.36 Å². The number of aryl methyl sites for hydroxylation is 1. The Morgan fingerprint density at radius 3 is 2.66 bits per heavy atom. The molecular weight excluding hydrogens is 409 g/mol. The molecule has 0 bridgehead atoms. The highest BCUT2D eigenvalue weighted by Crippen LogP contribution is 2.25. The average molecular weight is 431 g/mol. The van der Waals surface area contributed by atoms with Crippen LogP contribution in [0.5, 0.6) is 5.75 Å². The van der Waals surface area contributed by atoms with Crippen LogP contribution < -0.4 is 21.3 Å². The molecule has 0 radical (unpaired) electrons. The third kappa shape index (κ3) is 3.24. The van der Waals surface area contributed by atoms with Gasteiger partial charge in [0.1, 0.15) is 16.9 Å². The molecule has 3 heterocycles. The predicted octanol–water partition coefficient (Wildman–Crippen LogP) is 1.88. The first-order valence-electron chi connectivity index (χ1n) is 10.2. The second-order valence-electron chi connectivity index (χ2n) is 7.83. The van der Waals surface area contributed by atoms with Crippen LogP contribution in [0, 0.1) is 12.7 Å². The van der Waals surface area contributed by atoms with Crippen molar-refractivity contribution in [3.05, 3.63) is 98.9 Å². The van der Waals surface area contributed by atoms with Crippen molar-refractivity contribution in [1.82, 2.24) is 18.7 Å². The second-order valence-corrected chi connectivity index (χ2v) is 7.83. The van der Waals surface area contributed by atoms with Crippen molar-refractivity contribution < 1.29 is 9.13 Å². The normalized spacial score (nSPS) is 15.6. The summed E-state index contributed by atoms with van der Waals surface area (Å²) in [5.74, 6) is 0.369. The molecule has 0 aliphatic carbocycles. The minimum atomic E-state index is -0.304. The molecule has 1 aliphatic heterocycles. The van der Waals surface area contributed by atoms with Crippen LogP contribution in [0.4, 0.5) is 4.39 Å². The third-order valence-corrected chi connectivity index (χ3v) is 5.78. The number of hydrogen-bond donors (Lipinski definition) is 0. The van der Waals surface area contributed by atoms with E-state index >= 15 is 0 Å². The number of halogens is 1. The van der Waals surface area contributed by atoms with Crippen LogP contribution in [0.3, 0.4) is 0 Å². The van der Waals surface area contributed by atoms with E-state index in [4.69, 9.17) is 4.74 Å². The Balaban J connectivity index is 1.59. The molecule has 1 aliphatic rings. The van der Waals surface area contributed by atoms with Gasteiger partial charge in [0.2, 0.25) is 5.62 Å². The second kappa shape index (κ2) is 7.64. The van der Waals surface area contributed by atoms with Crippen molar-refractivity contribution in [3.8, 4) is 11.4 Å². The number of methoxy groups -OCH3 is 1. The minimum absolute atomic E-state index is 0.133. The van der Waals surface area contributed by atoms with Gasteiger partial charge in [0.15, 0.2) is 0 Å². The first-order chi connectivity index (χ1) is 15.5. The molecule has 5 rings (SSSR count). The fraction of sp³-hybridized carbons (Fsp3) is 0.208. The van der Waals surface area contributed by atoms with E-state index < -0.39 is 0 Å². The van der Waals surface area contributed by atoms with Gasteiger partial charge in [-0.1, -0.05) is 18.2 Å². The maximum absolute atomic E-state index is 13.3. The number of hydrogen-bond acceptors (Lipinski definition) is 4. The molecule has 8 heteroatoms. The maximum Gasteiger partial charge on any atom is 0.277 e. The van der Waals surface area contributed by atoms with Crippen molar-refractivity contribution in [2.75, 3.05) is 13.7 Å². The summed E-state index contributed by atoms with van der Waals surface area (Å²) < 4.78 is 24.3. The zero-order valence-corrected chi connectivity index (χ0v) is 18.0. The van der Waals surface area contributed by atoms with E-state index in [0.29, 0.717) is 23.3 Å². The predicted molar refractivity (Wildman–Crippen MR) is 118 cm³/mol. The van der Waals surface area contributed by atoms with Crippen LogP contribution in [0.2, 0.25) is 0 Å². The van der Waals surface area contributed by atoms with Crippen molar-refractivity contribution in [1.29, 1.82) is 0 Å². The van der Waals surface area contributed by atoms with Gasteiger partial charge in [0, 0.05) is 13.2 Å². The quantitative estimate of drug-likeness (QED) is 0.496. The Morgan fingerprint density at radius 2 is 1.97 bits per heavy atom. The third-order valence-electron chi connectivity index (χ3n) is 5.78. The van der Waals surface area contributed by atoms with Gasteiger partial charge in [0.25, 0.3) is 5.56 Å². The van der Waals surface area contributed by atoms with Gasteiger partial charge in [0.05, 0.1) is 37.4 Å². The number of ether oxygens (including phenoxy) is 1. The molecule has 0 fully saturated rings. The van der Waals surface area contributed by atoms with E-state index in [0.717, 1.165) is 22.5 Å². The summed E-state index contributed by atoms with van der Waals surface area (Å²) in [7, 11) is 3.44. The van der Waals surface area contributed by atoms with E-state index in [1.807, 2.05) is 49.0 Å². The van der Waals surface area contributed by atoms with E-state index in [2.05, 4.69) is 9.98 Å². The van der Waals surface area contributed by atoms with E-state index in [1.54, 1.807) is 34.7 Å². The zero-order chi connectivity index (χ0) is 22.4. The highest BCUT2D eigenvalue weighted by Gasteiger charge is 2.24. The molecule has 0 saturated carbocycles. The van der Waals surface area contributed by atoms with Crippen LogP contribution in [0.15, 0.2) is 64.8 Å². The Bertz CT molecular complexity index is 1490. The average Bonchev–Trinajstić information content (AvgIpc) is 3.48. The molecule has 0 spiro atoms. The summed E-state index contributed by atoms with van der Waals surface area (Å²) in [4.78, 5) is 22.2. The number of benzene rings is 2. The molecule has 7 nitrogen and oxygen atoms in total. The lowest BCUT2D eigenvalue weighted by Crippen LogP contribution is -2.34. The fourth-order valence-electron chi connectivity index (χ4n) is 4.15. The fourth-order valence-corrected chi connectivity index (χ4v) is 4.15. The maximum atomic E-state index is 13.3. The highest BCUT2D eigenvalue weighted by atomic mass is 19.1. The molecule has 2 aromatic carbocycles. The Kier molecular flexibility index (Phi) is 4.77. The molecule has 1 unspecified atom stereocenters. The summed E-state index contributed by atoms with van der Waals surface area (Å²) in [5, 5.41) is 0.517. The monoisotopic (exact) mass is 431 g/mol. The molecule has 32 heavy (non-hydrogen) atoms. The van der Waals surface area contributed by atoms with E-state index in [1.165, 1.54) is 12.1 Å². The standard InChI is InChI=1S/C24H22FN5O2/c1-15-13-29(14-27-15)19-9-4-16(11-22(19)32-3)10-20-23(31)30-21(12-26-24(30)28(20)2)17-5-7-18(25)8-6-17/h4-11,13-14,21H,12H2,1-3H3/b20-10-. The molecule has 0 amide bonds. The van der Waals surface area contributed by atoms with Crippen LogP contribution in [-0.4, -0.2) is 32.3 Å². The Morgan fingerprint density at radius 1 is 1.19 bits per heavy atom. The van der Waals surface area contributed by atoms with E-state index in [-0.39, 0.29) is 17.4 Å². The largest absolute Gasteiger partial charge is 0.495 e. The number of nitrogens with zero attached hydrogens (tertiary/aromatic N) is 5. The van der Waals surface area contributed by atoms with Crippen molar-refractivity contribution in [2.24, 2.45) is 12.0 Å². The van der Waals surface area contributed by atoms with Crippen molar-refractivity contribution in [2.45, 2.75) is 13.0 Å². The number of rotatable bonds is 4. The highest BCUT2D eigenvalue weighted by molar-refractivity contribution is 5.58.